The second-order valence-electron chi connectivity index (χ2n) is 3.03. The van der Waals surface area contributed by atoms with E-state index in [-0.39, 0.29) is 4.90 Å². The van der Waals surface area contributed by atoms with Crippen LogP contribution in [0.1, 0.15) is 10.5 Å². The van der Waals surface area contributed by atoms with Gasteiger partial charge in [0.05, 0.1) is 10.4 Å². The Morgan fingerprint density at radius 1 is 1.28 bits per heavy atom. The van der Waals surface area contributed by atoms with E-state index in [1.54, 1.807) is 29.1 Å². The molecule has 0 bridgehead atoms. The van der Waals surface area contributed by atoms with Crippen molar-refractivity contribution in [3.63, 3.8) is 0 Å². The first-order chi connectivity index (χ1) is 8.41. The molecule has 0 saturated heterocycles. The van der Waals surface area contributed by atoms with Crippen LogP contribution in [-0.4, -0.2) is 23.9 Å². The quantitative estimate of drug-likeness (QED) is 0.805. The van der Waals surface area contributed by atoms with Crippen molar-refractivity contribution in [2.45, 2.75) is 4.90 Å². The normalized spacial score (nSPS) is 10.3. The lowest BCUT2D eigenvalue weighted by molar-refractivity contribution is 0.0996. The molecule has 0 unspecified atom stereocenters. The number of rotatable bonds is 2. The molecule has 2 rings (SSSR count). The fraction of sp³-hybridized carbons (Fsp3) is 0. The molecule has 96 valence electrons. The third-order valence-electron chi connectivity index (χ3n) is 1.73. The summed E-state index contributed by atoms with van der Waals surface area (Å²) in [6.07, 6.45) is 0. The summed E-state index contributed by atoms with van der Waals surface area (Å²) in [5.74, 6) is -0.466. The van der Waals surface area contributed by atoms with Crippen LogP contribution in [0.5, 0.6) is 0 Å². The first kappa shape index (κ1) is 14.3. The number of carbonyl (C=O) groups excluding carboxylic acids is 1. The van der Waals surface area contributed by atoms with Crippen LogP contribution in [0, 0.1) is 0 Å². The smallest absolute Gasteiger partial charge is 0.294 e. The van der Waals surface area contributed by atoms with Crippen LogP contribution in [0.25, 0.3) is 0 Å². The molecule has 0 atom stereocenters. The molecular formula is C10H10N2O4S2. The summed E-state index contributed by atoms with van der Waals surface area (Å²) < 4.78 is 29.2. The van der Waals surface area contributed by atoms with Crippen LogP contribution in [-0.2, 0) is 10.1 Å². The largest absolute Gasteiger partial charge is 0.364 e. The van der Waals surface area contributed by atoms with Crippen LogP contribution in [0.3, 0.4) is 0 Å². The Morgan fingerprint density at radius 3 is 2.17 bits per heavy atom. The molecule has 0 aliphatic heterocycles. The molecule has 0 radical (unpaired) electrons. The van der Waals surface area contributed by atoms with Gasteiger partial charge in [-0.2, -0.15) is 8.42 Å². The molecule has 3 N–H and O–H groups in total. The van der Waals surface area contributed by atoms with Crippen LogP contribution < -0.4 is 5.73 Å². The van der Waals surface area contributed by atoms with E-state index in [9.17, 15) is 13.2 Å². The maximum absolute atomic E-state index is 10.4. The third-order valence-corrected chi connectivity index (χ3v) is 3.18. The van der Waals surface area contributed by atoms with Crippen LogP contribution in [0.2, 0.25) is 0 Å². The van der Waals surface area contributed by atoms with Crippen molar-refractivity contribution in [1.82, 2.24) is 4.98 Å². The van der Waals surface area contributed by atoms with Gasteiger partial charge in [-0.25, -0.2) is 4.98 Å². The Kier molecular flexibility index (Phi) is 4.95. The van der Waals surface area contributed by atoms with E-state index in [1.807, 2.05) is 0 Å². The van der Waals surface area contributed by atoms with Crippen molar-refractivity contribution in [3.05, 3.63) is 46.9 Å². The molecule has 1 aromatic heterocycles. The van der Waals surface area contributed by atoms with Crippen molar-refractivity contribution in [2.24, 2.45) is 5.73 Å². The Labute approximate surface area is 108 Å². The van der Waals surface area contributed by atoms with E-state index in [4.69, 9.17) is 10.3 Å². The lowest BCUT2D eigenvalue weighted by Gasteiger charge is -1.92. The van der Waals surface area contributed by atoms with Crippen LogP contribution in [0.4, 0.5) is 0 Å². The predicted molar refractivity (Wildman–Crippen MR) is 66.9 cm³/mol. The summed E-state index contributed by atoms with van der Waals surface area (Å²) in [4.78, 5) is 13.8. The minimum absolute atomic E-state index is 0.0741. The number of benzene rings is 1. The summed E-state index contributed by atoms with van der Waals surface area (Å²) in [7, 11) is -4.00. The SMILES string of the molecule is NC(=O)c1cscn1.O=S(=O)(O)c1ccccc1. The summed E-state index contributed by atoms with van der Waals surface area (Å²) in [6.45, 7) is 0. The van der Waals surface area contributed by atoms with Gasteiger partial charge < -0.3 is 5.73 Å². The van der Waals surface area contributed by atoms with E-state index < -0.39 is 16.0 Å². The second kappa shape index (κ2) is 6.24. The molecule has 1 amide bonds. The standard InChI is InChI=1S/C6H6O3S.C4H4N2OS/c7-10(8,9)6-4-2-1-3-5-6;5-4(7)3-1-8-2-6-3/h1-5H,(H,7,8,9);1-2H,(H2,5,7). The van der Waals surface area contributed by atoms with Gasteiger partial charge in [-0.05, 0) is 12.1 Å². The lowest BCUT2D eigenvalue weighted by Crippen LogP contribution is -2.10. The van der Waals surface area contributed by atoms with Gasteiger partial charge in [-0.1, -0.05) is 18.2 Å². The number of nitrogens with zero attached hydrogens (tertiary/aromatic N) is 1. The Hall–Kier alpha value is -1.77. The highest BCUT2D eigenvalue weighted by Gasteiger charge is 2.05. The number of hydrogen-bond acceptors (Lipinski definition) is 5. The van der Waals surface area contributed by atoms with Crippen molar-refractivity contribution in [1.29, 1.82) is 0 Å². The lowest BCUT2D eigenvalue weighted by atomic mass is 10.4. The number of nitrogens with two attached hydrogens (primary N) is 1. The Balaban J connectivity index is 0.000000184. The molecule has 1 heterocycles. The number of hydrogen-bond donors (Lipinski definition) is 2. The van der Waals surface area contributed by atoms with Crippen molar-refractivity contribution < 1.29 is 17.8 Å². The summed E-state index contributed by atoms with van der Waals surface area (Å²) >= 11 is 1.36. The van der Waals surface area contributed by atoms with E-state index in [0.717, 1.165) is 0 Å². The molecule has 2 aromatic rings. The molecule has 0 aliphatic rings. The molecule has 1 aromatic carbocycles. The van der Waals surface area contributed by atoms with E-state index in [2.05, 4.69) is 4.98 Å². The van der Waals surface area contributed by atoms with Gasteiger partial charge >= 0.3 is 0 Å². The molecule has 0 fully saturated rings. The van der Waals surface area contributed by atoms with Gasteiger partial charge in [-0.3, -0.25) is 9.35 Å². The average molecular weight is 286 g/mol. The fourth-order valence-corrected chi connectivity index (χ4v) is 1.97. The highest BCUT2D eigenvalue weighted by molar-refractivity contribution is 7.85. The summed E-state index contributed by atoms with van der Waals surface area (Å²) in [6, 6.07) is 7.42. The maximum Gasteiger partial charge on any atom is 0.294 e. The number of thiazole rings is 1. The first-order valence-electron chi connectivity index (χ1n) is 4.62. The molecule has 8 heteroatoms. The molecule has 0 saturated carbocycles. The molecular weight excluding hydrogens is 276 g/mol. The maximum atomic E-state index is 10.4. The van der Waals surface area contributed by atoms with Gasteiger partial charge in [-0.15, -0.1) is 11.3 Å². The summed E-state index contributed by atoms with van der Waals surface area (Å²) in [5.41, 5.74) is 6.78. The van der Waals surface area contributed by atoms with Crippen molar-refractivity contribution in [3.8, 4) is 0 Å². The minimum Gasteiger partial charge on any atom is -0.364 e. The molecule has 0 aliphatic carbocycles. The van der Waals surface area contributed by atoms with Crippen LogP contribution in [0.15, 0.2) is 46.1 Å². The van der Waals surface area contributed by atoms with Gasteiger partial charge in [0.2, 0.25) is 0 Å². The zero-order valence-corrected chi connectivity index (χ0v) is 10.7. The van der Waals surface area contributed by atoms with Gasteiger partial charge in [0, 0.05) is 5.38 Å². The second-order valence-corrected chi connectivity index (χ2v) is 5.17. The molecule has 18 heavy (non-hydrogen) atoms. The van der Waals surface area contributed by atoms with Crippen molar-refractivity contribution in [2.75, 3.05) is 0 Å². The number of aromatic nitrogens is 1. The van der Waals surface area contributed by atoms with Gasteiger partial charge in [0.15, 0.2) is 0 Å². The highest BCUT2D eigenvalue weighted by Crippen LogP contribution is 2.05. The minimum atomic E-state index is -4.00. The Morgan fingerprint density at radius 2 is 1.89 bits per heavy atom. The summed E-state index contributed by atoms with van der Waals surface area (Å²) in [5, 5.41) is 1.61. The zero-order valence-electron chi connectivity index (χ0n) is 9.05. The number of primary amides is 1. The number of amides is 1. The Bertz CT molecular complexity index is 594. The van der Waals surface area contributed by atoms with E-state index >= 15 is 0 Å². The highest BCUT2D eigenvalue weighted by atomic mass is 32.2. The average Bonchev–Trinajstić information content (AvgIpc) is 2.83. The van der Waals surface area contributed by atoms with Gasteiger partial charge in [0.1, 0.15) is 5.69 Å². The third kappa shape index (κ3) is 4.62. The van der Waals surface area contributed by atoms with Crippen molar-refractivity contribution >= 4 is 27.4 Å². The molecule has 6 nitrogen and oxygen atoms in total. The number of carbonyl (C=O) groups is 1. The van der Waals surface area contributed by atoms with E-state index in [1.165, 1.54) is 23.5 Å². The monoisotopic (exact) mass is 286 g/mol. The zero-order chi connectivity index (χ0) is 13.6. The fourth-order valence-electron chi connectivity index (χ4n) is 0.927. The topological polar surface area (TPSA) is 110 Å². The molecule has 0 spiro atoms. The first-order valence-corrected chi connectivity index (χ1v) is 7.00. The van der Waals surface area contributed by atoms with Crippen LogP contribution >= 0.6 is 11.3 Å². The predicted octanol–water partition coefficient (Wildman–Crippen LogP) is 1.18. The van der Waals surface area contributed by atoms with Gasteiger partial charge in [0.25, 0.3) is 16.0 Å². The van der Waals surface area contributed by atoms with E-state index in [0.29, 0.717) is 5.69 Å².